The molecule has 0 saturated heterocycles. The lowest BCUT2D eigenvalue weighted by atomic mass is 9.92. The second-order valence-corrected chi connectivity index (χ2v) is 11.6. The maximum atomic E-state index is 13.5. The van der Waals surface area contributed by atoms with Crippen LogP contribution >= 0.6 is 11.8 Å². The van der Waals surface area contributed by atoms with E-state index in [9.17, 15) is 4.79 Å². The minimum Gasteiger partial charge on any atom is -0.293 e. The molecule has 1 aliphatic rings. The number of nitrogens with zero attached hydrogens (tertiary/aromatic N) is 3. The first kappa shape index (κ1) is 23.0. The van der Waals surface area contributed by atoms with Gasteiger partial charge in [-0.2, -0.15) is 5.10 Å². The van der Waals surface area contributed by atoms with Gasteiger partial charge in [-0.25, -0.2) is 9.50 Å². The van der Waals surface area contributed by atoms with Gasteiger partial charge in [-0.1, -0.05) is 93.2 Å². The monoisotopic (exact) mass is 491 g/mol. The summed E-state index contributed by atoms with van der Waals surface area (Å²) >= 11 is 1.54. The molecule has 0 N–H and O–H groups in total. The summed E-state index contributed by atoms with van der Waals surface area (Å²) in [6.07, 6.45) is 2.12. The van der Waals surface area contributed by atoms with Crippen molar-refractivity contribution in [2.45, 2.75) is 51.0 Å². The van der Waals surface area contributed by atoms with Crippen molar-refractivity contribution in [2.75, 3.05) is 5.75 Å². The Bertz CT molecular complexity index is 1630. The van der Waals surface area contributed by atoms with Crippen LogP contribution in [0, 0.1) is 6.92 Å². The summed E-state index contributed by atoms with van der Waals surface area (Å²) in [6.45, 7) is 8.54. The molecule has 1 aliphatic carbocycles. The zero-order valence-electron chi connectivity index (χ0n) is 21.1. The summed E-state index contributed by atoms with van der Waals surface area (Å²) in [4.78, 5) is 18.6. The van der Waals surface area contributed by atoms with Crippen LogP contribution in [0.15, 0.2) is 71.8 Å². The van der Waals surface area contributed by atoms with E-state index in [0.29, 0.717) is 5.75 Å². The number of aryl methyl sites for hydroxylation is 3. The second kappa shape index (κ2) is 8.59. The van der Waals surface area contributed by atoms with Gasteiger partial charge < -0.3 is 0 Å². The molecule has 0 unspecified atom stereocenters. The van der Waals surface area contributed by atoms with E-state index in [1.165, 1.54) is 16.5 Å². The van der Waals surface area contributed by atoms with Gasteiger partial charge in [-0.15, -0.1) is 0 Å². The number of hydrogen-bond acceptors (Lipinski definition) is 4. The van der Waals surface area contributed by atoms with Crippen LogP contribution in [0.1, 0.15) is 53.6 Å². The largest absolute Gasteiger partial charge is 0.293 e. The quantitative estimate of drug-likeness (QED) is 0.148. The van der Waals surface area contributed by atoms with Gasteiger partial charge in [-0.05, 0) is 53.3 Å². The van der Waals surface area contributed by atoms with Gasteiger partial charge in [0.2, 0.25) is 0 Å². The first-order chi connectivity index (χ1) is 17.3. The Balaban J connectivity index is 1.41. The van der Waals surface area contributed by atoms with Crippen molar-refractivity contribution in [3.8, 4) is 11.1 Å². The fraction of sp³-hybridized carbons (Fsp3) is 0.258. The number of rotatable bonds is 5. The predicted octanol–water partition coefficient (Wildman–Crippen LogP) is 7.23. The summed E-state index contributed by atoms with van der Waals surface area (Å²) in [6, 6.07) is 22.9. The SMILES string of the molecule is Cc1nn2c(SCC(=O)c3ccc4c5c(cccc35)CC4)cc(C(C)(C)C)nc2c1-c1ccccc1. The minimum absolute atomic E-state index is 0.134. The molecule has 0 fully saturated rings. The number of aromatic nitrogens is 3. The van der Waals surface area contributed by atoms with Crippen LogP contribution in [-0.2, 0) is 18.3 Å². The summed E-state index contributed by atoms with van der Waals surface area (Å²) in [5.74, 6) is 0.492. The molecule has 0 radical (unpaired) electrons. The molecule has 0 saturated carbocycles. The molecule has 4 nitrogen and oxygen atoms in total. The third-order valence-electron chi connectivity index (χ3n) is 7.09. The van der Waals surface area contributed by atoms with E-state index in [2.05, 4.69) is 63.2 Å². The molecule has 6 rings (SSSR count). The lowest BCUT2D eigenvalue weighted by Crippen LogP contribution is -2.15. The van der Waals surface area contributed by atoms with Gasteiger partial charge >= 0.3 is 0 Å². The van der Waals surface area contributed by atoms with Crippen LogP contribution in [-0.4, -0.2) is 26.1 Å². The molecular formula is C31H29N3OS. The van der Waals surface area contributed by atoms with Crippen molar-refractivity contribution in [3.05, 3.63) is 94.8 Å². The summed E-state index contributed by atoms with van der Waals surface area (Å²) in [7, 11) is 0. The third kappa shape index (κ3) is 3.82. The van der Waals surface area contributed by atoms with Gasteiger partial charge in [0, 0.05) is 16.5 Å². The molecule has 0 spiro atoms. The summed E-state index contributed by atoms with van der Waals surface area (Å²) < 4.78 is 1.92. The standard InChI is InChI=1S/C31H29N3OS/c1-19-28(20-9-6-5-7-10-20)30-32-26(31(2,3)4)17-27(34(30)33-19)36-18-25(35)23-16-15-22-14-13-21-11-8-12-24(23)29(21)22/h5-12,15-17H,13-14,18H2,1-4H3. The normalized spacial score (nSPS) is 13.1. The number of carbonyl (C=O) groups excluding carboxylic acids is 1. The zero-order valence-corrected chi connectivity index (χ0v) is 21.9. The molecule has 5 aromatic rings. The molecule has 0 atom stereocenters. The highest BCUT2D eigenvalue weighted by molar-refractivity contribution is 8.00. The van der Waals surface area contributed by atoms with E-state index < -0.39 is 0 Å². The number of ketones is 1. The fourth-order valence-electron chi connectivity index (χ4n) is 5.23. The second-order valence-electron chi connectivity index (χ2n) is 10.6. The van der Waals surface area contributed by atoms with Crippen LogP contribution in [0.2, 0.25) is 0 Å². The van der Waals surface area contributed by atoms with Crippen LogP contribution in [0.4, 0.5) is 0 Å². The first-order valence-electron chi connectivity index (χ1n) is 12.5. The van der Waals surface area contributed by atoms with Gasteiger partial charge in [0.1, 0.15) is 5.03 Å². The van der Waals surface area contributed by atoms with E-state index >= 15 is 0 Å². The van der Waals surface area contributed by atoms with Crippen molar-refractivity contribution in [1.82, 2.24) is 14.6 Å². The van der Waals surface area contributed by atoms with Gasteiger partial charge in [0.25, 0.3) is 0 Å². The number of hydrogen-bond donors (Lipinski definition) is 0. The Morgan fingerprint density at radius 1 is 0.972 bits per heavy atom. The molecule has 2 heterocycles. The summed E-state index contributed by atoms with van der Waals surface area (Å²) in [5, 5.41) is 8.18. The van der Waals surface area contributed by atoms with Crippen molar-refractivity contribution >= 4 is 34.0 Å². The average molecular weight is 492 g/mol. The van der Waals surface area contributed by atoms with Gasteiger partial charge in [-0.3, -0.25) is 4.79 Å². The molecule has 2 aromatic heterocycles. The third-order valence-corrected chi connectivity index (χ3v) is 8.08. The number of fused-ring (bicyclic) bond motifs is 1. The van der Waals surface area contributed by atoms with Crippen LogP contribution in [0.3, 0.4) is 0 Å². The highest BCUT2D eigenvalue weighted by atomic mass is 32.2. The fourth-order valence-corrected chi connectivity index (χ4v) is 6.11. The Morgan fingerprint density at radius 2 is 1.72 bits per heavy atom. The smallest absolute Gasteiger partial charge is 0.173 e. The Labute approximate surface area is 215 Å². The van der Waals surface area contributed by atoms with Gasteiger partial charge in [0.15, 0.2) is 11.4 Å². The zero-order chi connectivity index (χ0) is 25.0. The van der Waals surface area contributed by atoms with E-state index in [-0.39, 0.29) is 11.2 Å². The van der Waals surface area contributed by atoms with E-state index in [4.69, 9.17) is 10.1 Å². The topological polar surface area (TPSA) is 47.3 Å². The molecule has 0 bridgehead atoms. The van der Waals surface area contributed by atoms with E-state index in [1.54, 1.807) is 11.8 Å². The van der Waals surface area contributed by atoms with E-state index in [1.807, 2.05) is 35.7 Å². The lowest BCUT2D eigenvalue weighted by Gasteiger charge is -2.19. The molecule has 5 heteroatoms. The number of thioether (sulfide) groups is 1. The van der Waals surface area contributed by atoms with Crippen molar-refractivity contribution in [3.63, 3.8) is 0 Å². The van der Waals surface area contributed by atoms with Crippen LogP contribution < -0.4 is 0 Å². The summed E-state index contributed by atoms with van der Waals surface area (Å²) in [5.41, 5.74) is 8.30. The van der Waals surface area contributed by atoms with E-state index in [0.717, 1.165) is 57.0 Å². The molecule has 3 aromatic carbocycles. The minimum atomic E-state index is -0.134. The average Bonchev–Trinajstić information content (AvgIpc) is 3.44. The molecule has 36 heavy (non-hydrogen) atoms. The number of benzene rings is 3. The molecule has 0 aliphatic heterocycles. The first-order valence-corrected chi connectivity index (χ1v) is 13.5. The molecule has 0 amide bonds. The Hall–Kier alpha value is -3.44. The lowest BCUT2D eigenvalue weighted by molar-refractivity contribution is 0.102. The molecular weight excluding hydrogens is 462 g/mol. The maximum absolute atomic E-state index is 13.5. The van der Waals surface area contributed by atoms with Crippen molar-refractivity contribution in [2.24, 2.45) is 0 Å². The van der Waals surface area contributed by atoms with Gasteiger partial charge in [0.05, 0.1) is 17.1 Å². The Morgan fingerprint density at radius 3 is 2.47 bits per heavy atom. The van der Waals surface area contributed by atoms with Crippen molar-refractivity contribution in [1.29, 1.82) is 0 Å². The highest BCUT2D eigenvalue weighted by Crippen LogP contribution is 2.35. The van der Waals surface area contributed by atoms with Crippen molar-refractivity contribution < 1.29 is 4.79 Å². The predicted molar refractivity (Wildman–Crippen MR) is 148 cm³/mol. The van der Waals surface area contributed by atoms with Crippen LogP contribution in [0.25, 0.3) is 27.5 Å². The molecule has 180 valence electrons. The number of carbonyl (C=O) groups is 1. The number of Topliss-reactive ketones (excluding diaryl/α,β-unsaturated/α-hetero) is 1. The maximum Gasteiger partial charge on any atom is 0.173 e. The highest BCUT2D eigenvalue weighted by Gasteiger charge is 2.24. The van der Waals surface area contributed by atoms with Crippen LogP contribution in [0.5, 0.6) is 0 Å². The Kier molecular flexibility index (Phi) is 5.49.